The summed E-state index contributed by atoms with van der Waals surface area (Å²) >= 11 is 8.87. The summed E-state index contributed by atoms with van der Waals surface area (Å²) in [4.78, 5) is 1.03. The Balaban J connectivity index is 2.25. The van der Waals surface area contributed by atoms with Crippen LogP contribution in [0.5, 0.6) is 0 Å². The van der Waals surface area contributed by atoms with E-state index in [1.54, 1.807) is 10.4 Å². The molecular weight excluding hydrogens is 322 g/mol. The SMILES string of the molecule is CC1SCCN(S(=O)(=O)c2ccc(CCCl)s2)C1C. The van der Waals surface area contributed by atoms with Crippen LogP contribution in [-0.4, -0.2) is 42.2 Å². The third-order valence-corrected chi connectivity index (χ3v) is 8.49. The zero-order valence-electron chi connectivity index (χ0n) is 11.0. The zero-order valence-corrected chi connectivity index (χ0v) is 14.2. The first kappa shape index (κ1) is 15.6. The maximum Gasteiger partial charge on any atom is 0.252 e. The van der Waals surface area contributed by atoms with Gasteiger partial charge in [0.2, 0.25) is 0 Å². The van der Waals surface area contributed by atoms with E-state index in [1.165, 1.54) is 11.3 Å². The standard InChI is InChI=1S/C12H18ClNO2S3/c1-9-10(2)17-8-7-14(9)19(15,16)12-4-3-11(18-12)5-6-13/h3-4,9-10H,5-8H2,1-2H3. The number of thiophene rings is 1. The summed E-state index contributed by atoms with van der Waals surface area (Å²) in [5.74, 6) is 1.39. The molecular formula is C12H18ClNO2S3. The molecule has 2 heterocycles. The second kappa shape index (κ2) is 6.35. The van der Waals surface area contributed by atoms with Crippen molar-refractivity contribution in [2.75, 3.05) is 18.2 Å². The van der Waals surface area contributed by atoms with E-state index >= 15 is 0 Å². The van der Waals surface area contributed by atoms with Gasteiger partial charge in [-0.05, 0) is 25.5 Å². The van der Waals surface area contributed by atoms with Crippen LogP contribution < -0.4 is 0 Å². The Kier molecular flexibility index (Phi) is 5.22. The first-order valence-electron chi connectivity index (χ1n) is 6.25. The van der Waals surface area contributed by atoms with Crippen LogP contribution in [0, 0.1) is 0 Å². The quantitative estimate of drug-likeness (QED) is 0.791. The summed E-state index contributed by atoms with van der Waals surface area (Å²) in [5, 5.41) is 0.339. The van der Waals surface area contributed by atoms with Gasteiger partial charge in [-0.15, -0.1) is 22.9 Å². The van der Waals surface area contributed by atoms with Crippen molar-refractivity contribution in [3.05, 3.63) is 17.0 Å². The van der Waals surface area contributed by atoms with Crippen molar-refractivity contribution in [3.8, 4) is 0 Å². The molecule has 2 rings (SSSR count). The molecule has 2 unspecified atom stereocenters. The van der Waals surface area contributed by atoms with E-state index in [0.717, 1.165) is 17.1 Å². The van der Waals surface area contributed by atoms with Crippen LogP contribution >= 0.6 is 34.7 Å². The van der Waals surface area contributed by atoms with Crippen LogP contribution in [0.4, 0.5) is 0 Å². The predicted molar refractivity (Wildman–Crippen MR) is 84.0 cm³/mol. The van der Waals surface area contributed by atoms with Gasteiger partial charge in [0, 0.05) is 34.3 Å². The van der Waals surface area contributed by atoms with E-state index in [0.29, 0.717) is 21.9 Å². The van der Waals surface area contributed by atoms with Crippen molar-refractivity contribution >= 4 is 44.7 Å². The molecule has 7 heteroatoms. The van der Waals surface area contributed by atoms with Crippen molar-refractivity contribution < 1.29 is 8.42 Å². The summed E-state index contributed by atoms with van der Waals surface area (Å²) in [6.07, 6.45) is 0.726. The summed E-state index contributed by atoms with van der Waals surface area (Å²) < 4.78 is 27.4. The minimum atomic E-state index is -3.35. The van der Waals surface area contributed by atoms with Gasteiger partial charge in [0.1, 0.15) is 4.21 Å². The highest BCUT2D eigenvalue weighted by Gasteiger charge is 2.35. The molecule has 1 aliphatic rings. The van der Waals surface area contributed by atoms with Gasteiger partial charge in [0.25, 0.3) is 10.0 Å². The Morgan fingerprint density at radius 2 is 2.16 bits per heavy atom. The van der Waals surface area contributed by atoms with Crippen molar-refractivity contribution in [2.45, 2.75) is 35.8 Å². The average Bonchev–Trinajstić information content (AvgIpc) is 2.82. The van der Waals surface area contributed by atoms with Crippen LogP contribution in [0.1, 0.15) is 18.7 Å². The Bertz CT molecular complexity index is 529. The fraction of sp³-hybridized carbons (Fsp3) is 0.667. The number of aryl methyl sites for hydroxylation is 1. The third kappa shape index (κ3) is 3.29. The van der Waals surface area contributed by atoms with Gasteiger partial charge in [0.15, 0.2) is 0 Å². The summed E-state index contributed by atoms with van der Waals surface area (Å²) in [7, 11) is -3.35. The lowest BCUT2D eigenvalue weighted by molar-refractivity contribution is 0.341. The minimum absolute atomic E-state index is 0.0438. The largest absolute Gasteiger partial charge is 0.252 e. The molecule has 0 aromatic carbocycles. The van der Waals surface area contributed by atoms with E-state index in [1.807, 2.05) is 24.8 Å². The maximum atomic E-state index is 12.7. The highest BCUT2D eigenvalue weighted by atomic mass is 35.5. The molecule has 19 heavy (non-hydrogen) atoms. The first-order chi connectivity index (χ1) is 8.96. The molecule has 0 saturated carbocycles. The van der Waals surface area contributed by atoms with Gasteiger partial charge in [-0.2, -0.15) is 16.1 Å². The van der Waals surface area contributed by atoms with E-state index in [-0.39, 0.29) is 6.04 Å². The van der Waals surface area contributed by atoms with Gasteiger partial charge in [-0.3, -0.25) is 0 Å². The topological polar surface area (TPSA) is 37.4 Å². The van der Waals surface area contributed by atoms with Crippen LogP contribution in [0.25, 0.3) is 0 Å². The molecule has 0 N–H and O–H groups in total. The molecule has 0 amide bonds. The maximum absolute atomic E-state index is 12.7. The fourth-order valence-corrected chi connectivity index (χ4v) is 6.88. The second-order valence-electron chi connectivity index (χ2n) is 4.59. The smallest absolute Gasteiger partial charge is 0.206 e. The lowest BCUT2D eigenvalue weighted by Crippen LogP contribution is -2.47. The van der Waals surface area contributed by atoms with Crippen molar-refractivity contribution in [2.24, 2.45) is 0 Å². The fourth-order valence-electron chi connectivity index (χ4n) is 2.08. The molecule has 0 radical (unpaired) electrons. The van der Waals surface area contributed by atoms with E-state index in [2.05, 4.69) is 6.92 Å². The van der Waals surface area contributed by atoms with Gasteiger partial charge in [0.05, 0.1) is 0 Å². The minimum Gasteiger partial charge on any atom is -0.206 e. The molecule has 1 aromatic rings. The Labute approximate surface area is 128 Å². The van der Waals surface area contributed by atoms with Crippen LogP contribution in [0.3, 0.4) is 0 Å². The highest BCUT2D eigenvalue weighted by Crippen LogP contribution is 2.32. The lowest BCUT2D eigenvalue weighted by Gasteiger charge is -2.35. The predicted octanol–water partition coefficient (Wildman–Crippen LogP) is 3.04. The van der Waals surface area contributed by atoms with E-state index in [4.69, 9.17) is 11.6 Å². The average molecular weight is 340 g/mol. The van der Waals surface area contributed by atoms with Gasteiger partial charge >= 0.3 is 0 Å². The monoisotopic (exact) mass is 339 g/mol. The number of alkyl halides is 1. The number of hydrogen-bond donors (Lipinski definition) is 0. The Hall–Kier alpha value is 0.250. The molecule has 1 aliphatic heterocycles. The molecule has 0 aliphatic carbocycles. The van der Waals surface area contributed by atoms with E-state index in [9.17, 15) is 8.42 Å². The number of thioether (sulfide) groups is 1. The lowest BCUT2D eigenvalue weighted by atomic mass is 10.2. The third-order valence-electron chi connectivity index (χ3n) is 3.37. The van der Waals surface area contributed by atoms with Crippen LogP contribution in [0.2, 0.25) is 0 Å². The summed E-state index contributed by atoms with van der Waals surface area (Å²) in [6.45, 7) is 4.67. The Morgan fingerprint density at radius 3 is 2.84 bits per heavy atom. The number of hydrogen-bond acceptors (Lipinski definition) is 4. The molecule has 0 bridgehead atoms. The normalized spacial score (nSPS) is 25.6. The molecule has 1 saturated heterocycles. The summed E-state index contributed by atoms with van der Waals surface area (Å²) in [5.41, 5.74) is 0. The van der Waals surface area contributed by atoms with Crippen LogP contribution in [-0.2, 0) is 16.4 Å². The van der Waals surface area contributed by atoms with Gasteiger partial charge < -0.3 is 0 Å². The highest BCUT2D eigenvalue weighted by molar-refractivity contribution is 8.00. The summed E-state index contributed by atoms with van der Waals surface area (Å²) in [6, 6.07) is 3.62. The molecule has 2 atom stereocenters. The van der Waals surface area contributed by atoms with Crippen molar-refractivity contribution in [1.29, 1.82) is 0 Å². The number of rotatable bonds is 4. The van der Waals surface area contributed by atoms with Gasteiger partial charge in [-0.25, -0.2) is 8.42 Å². The van der Waals surface area contributed by atoms with E-state index < -0.39 is 10.0 Å². The zero-order chi connectivity index (χ0) is 14.0. The van der Waals surface area contributed by atoms with Crippen molar-refractivity contribution in [1.82, 2.24) is 4.31 Å². The molecule has 1 aromatic heterocycles. The number of halogens is 1. The van der Waals surface area contributed by atoms with Crippen LogP contribution in [0.15, 0.2) is 16.3 Å². The Morgan fingerprint density at radius 1 is 1.42 bits per heavy atom. The molecule has 3 nitrogen and oxygen atoms in total. The van der Waals surface area contributed by atoms with Crippen molar-refractivity contribution in [3.63, 3.8) is 0 Å². The molecule has 108 valence electrons. The first-order valence-corrected chi connectivity index (χ1v) is 10.1. The number of nitrogens with zero attached hydrogens (tertiary/aromatic N) is 1. The molecule has 0 spiro atoms. The number of sulfonamides is 1. The van der Waals surface area contributed by atoms with Gasteiger partial charge in [-0.1, -0.05) is 6.92 Å². The molecule has 1 fully saturated rings. The second-order valence-corrected chi connectivity index (χ2v) is 9.74.